The summed E-state index contributed by atoms with van der Waals surface area (Å²) in [5.74, 6) is 4.19. The van der Waals surface area contributed by atoms with Crippen molar-refractivity contribution in [1.29, 1.82) is 0 Å². The van der Waals surface area contributed by atoms with E-state index in [0.29, 0.717) is 18.7 Å². The van der Waals surface area contributed by atoms with Gasteiger partial charge in [-0.05, 0) is 96.8 Å². The zero-order valence-corrected chi connectivity index (χ0v) is 29.1. The van der Waals surface area contributed by atoms with Crippen molar-refractivity contribution in [2.45, 2.75) is 103 Å². The van der Waals surface area contributed by atoms with Crippen LogP contribution in [-0.2, 0) is 0 Å². The largest absolute Gasteiger partial charge is 0.493 e. The Balaban J connectivity index is 1.20. The van der Waals surface area contributed by atoms with Crippen molar-refractivity contribution in [3.05, 3.63) is 12.1 Å². The smallest absolute Gasteiger partial charge is 0.227 e. The molecule has 0 spiro atoms. The van der Waals surface area contributed by atoms with Crippen LogP contribution < -0.4 is 19.7 Å². The van der Waals surface area contributed by atoms with E-state index in [-0.39, 0.29) is 0 Å². The first-order valence-electron chi connectivity index (χ1n) is 18.8. The molecule has 4 aliphatic rings. The molecule has 0 atom stereocenters. The molecule has 1 aromatic carbocycles. The maximum Gasteiger partial charge on any atom is 0.227 e. The number of ether oxygens (including phenoxy) is 2. The monoisotopic (exact) mass is 635 g/mol. The van der Waals surface area contributed by atoms with Crippen LogP contribution in [0.4, 0.5) is 11.8 Å². The highest BCUT2D eigenvalue weighted by atomic mass is 16.5. The van der Waals surface area contributed by atoms with E-state index in [1.807, 2.05) is 0 Å². The number of rotatable bonds is 12. The van der Waals surface area contributed by atoms with Crippen molar-refractivity contribution in [1.82, 2.24) is 24.7 Å². The van der Waals surface area contributed by atoms with Gasteiger partial charge in [-0.3, -0.25) is 0 Å². The molecule has 2 aromatic rings. The minimum absolute atomic E-state index is 0.396. The average molecular weight is 636 g/mol. The van der Waals surface area contributed by atoms with Crippen LogP contribution in [0, 0.1) is 5.92 Å². The predicted molar refractivity (Wildman–Crippen MR) is 190 cm³/mol. The highest BCUT2D eigenvalue weighted by Gasteiger charge is 2.25. The van der Waals surface area contributed by atoms with Crippen LogP contribution in [0.15, 0.2) is 12.1 Å². The maximum absolute atomic E-state index is 6.38. The van der Waals surface area contributed by atoms with Gasteiger partial charge in [-0.25, -0.2) is 4.98 Å². The molecule has 4 heterocycles. The molecule has 9 heteroatoms. The molecule has 1 aliphatic carbocycles. The lowest BCUT2D eigenvalue weighted by Crippen LogP contribution is -2.42. The van der Waals surface area contributed by atoms with Gasteiger partial charge >= 0.3 is 0 Å². The van der Waals surface area contributed by atoms with E-state index in [2.05, 4.69) is 50.9 Å². The van der Waals surface area contributed by atoms with E-state index in [1.54, 1.807) is 7.11 Å². The molecule has 9 nitrogen and oxygen atoms in total. The Bertz CT molecular complexity index is 1220. The number of nitrogens with zero attached hydrogens (tertiary/aromatic N) is 6. The molecular formula is C37H61N7O2. The Morgan fingerprint density at radius 1 is 0.783 bits per heavy atom. The first kappa shape index (κ1) is 33.5. The first-order valence-corrected chi connectivity index (χ1v) is 18.8. The van der Waals surface area contributed by atoms with E-state index in [4.69, 9.17) is 19.4 Å². The predicted octanol–water partition coefficient (Wildman–Crippen LogP) is 6.27. The third-order valence-electron chi connectivity index (χ3n) is 11.0. The van der Waals surface area contributed by atoms with Gasteiger partial charge in [0.15, 0.2) is 11.5 Å². The summed E-state index contributed by atoms with van der Waals surface area (Å²) in [7, 11) is 1.74. The first-order chi connectivity index (χ1) is 22.6. The van der Waals surface area contributed by atoms with E-state index >= 15 is 0 Å². The zero-order valence-electron chi connectivity index (χ0n) is 29.1. The molecule has 46 heavy (non-hydrogen) atoms. The lowest BCUT2D eigenvalue weighted by Gasteiger charge is -2.35. The van der Waals surface area contributed by atoms with Crippen LogP contribution in [0.3, 0.4) is 0 Å². The van der Waals surface area contributed by atoms with Crippen LogP contribution >= 0.6 is 0 Å². The second kappa shape index (κ2) is 16.6. The van der Waals surface area contributed by atoms with Crippen LogP contribution in [0.5, 0.6) is 11.5 Å². The second-order valence-corrected chi connectivity index (χ2v) is 14.7. The molecule has 6 rings (SSSR count). The Morgan fingerprint density at radius 3 is 2.30 bits per heavy atom. The summed E-state index contributed by atoms with van der Waals surface area (Å²) in [5, 5.41) is 4.90. The lowest BCUT2D eigenvalue weighted by atomic mass is 9.89. The van der Waals surface area contributed by atoms with Crippen molar-refractivity contribution < 1.29 is 9.47 Å². The molecule has 0 radical (unpaired) electrons. The third kappa shape index (κ3) is 8.95. The minimum atomic E-state index is 0.396. The molecule has 0 bridgehead atoms. The van der Waals surface area contributed by atoms with Gasteiger partial charge in [0, 0.05) is 69.3 Å². The highest BCUT2D eigenvalue weighted by molar-refractivity contribution is 5.93. The third-order valence-corrected chi connectivity index (χ3v) is 11.0. The topological polar surface area (TPSA) is 69.2 Å². The van der Waals surface area contributed by atoms with Crippen molar-refractivity contribution >= 4 is 22.7 Å². The van der Waals surface area contributed by atoms with Crippen LogP contribution in [0.2, 0.25) is 0 Å². The number of hydrogen-bond acceptors (Lipinski definition) is 9. The van der Waals surface area contributed by atoms with Crippen LogP contribution in [0.25, 0.3) is 10.9 Å². The number of nitrogens with one attached hydrogen (secondary N) is 1. The van der Waals surface area contributed by atoms with Crippen molar-refractivity contribution in [2.24, 2.45) is 5.92 Å². The molecule has 4 fully saturated rings. The summed E-state index contributed by atoms with van der Waals surface area (Å²) in [5.41, 5.74) is 0.933. The molecule has 1 aromatic heterocycles. The van der Waals surface area contributed by atoms with Crippen LogP contribution in [0.1, 0.15) is 90.9 Å². The van der Waals surface area contributed by atoms with Gasteiger partial charge in [0.05, 0.1) is 19.2 Å². The number of hydrogen-bond donors (Lipinski definition) is 1. The van der Waals surface area contributed by atoms with Gasteiger partial charge in [0.1, 0.15) is 5.82 Å². The van der Waals surface area contributed by atoms with Gasteiger partial charge in [-0.15, -0.1) is 0 Å². The molecule has 0 amide bonds. The number of fused-ring (bicyclic) bond motifs is 1. The molecule has 256 valence electrons. The van der Waals surface area contributed by atoms with Gasteiger partial charge in [-0.1, -0.05) is 25.7 Å². The van der Waals surface area contributed by atoms with Gasteiger partial charge < -0.3 is 34.4 Å². The van der Waals surface area contributed by atoms with Crippen molar-refractivity contribution in [3.8, 4) is 11.5 Å². The van der Waals surface area contributed by atoms with Gasteiger partial charge in [0.25, 0.3) is 0 Å². The quantitative estimate of drug-likeness (QED) is 0.272. The summed E-state index contributed by atoms with van der Waals surface area (Å²) < 4.78 is 12.3. The van der Waals surface area contributed by atoms with Crippen molar-refractivity contribution in [2.75, 3.05) is 89.4 Å². The molecular weight excluding hydrogens is 574 g/mol. The molecule has 1 saturated carbocycles. The lowest BCUT2D eigenvalue weighted by molar-refractivity contribution is 0.177. The number of likely N-dealkylation sites (tertiary alicyclic amines) is 2. The number of anilines is 2. The second-order valence-electron chi connectivity index (χ2n) is 14.7. The number of benzene rings is 1. The SMILES string of the molecule is COc1cc2c(NC3CCN(C(C)C)CC3)nc(N3CCCN(CC4CCCCC4)CC3)nc2cc1OCCCN1CCCCC1. The van der Waals surface area contributed by atoms with E-state index in [0.717, 1.165) is 105 Å². The molecule has 1 N–H and O–H groups in total. The fourth-order valence-corrected chi connectivity index (χ4v) is 8.14. The van der Waals surface area contributed by atoms with Crippen LogP contribution in [-0.4, -0.2) is 116 Å². The van der Waals surface area contributed by atoms with Gasteiger partial charge in [-0.2, -0.15) is 4.98 Å². The summed E-state index contributed by atoms with van der Waals surface area (Å²) in [6.45, 7) is 16.5. The van der Waals surface area contributed by atoms with E-state index in [1.165, 1.54) is 77.5 Å². The summed E-state index contributed by atoms with van der Waals surface area (Å²) in [4.78, 5) is 20.8. The molecule has 3 saturated heterocycles. The average Bonchev–Trinajstić information content (AvgIpc) is 3.33. The Hall–Kier alpha value is -2.36. The highest BCUT2D eigenvalue weighted by Crippen LogP contribution is 2.36. The van der Waals surface area contributed by atoms with E-state index in [9.17, 15) is 0 Å². The minimum Gasteiger partial charge on any atom is -0.493 e. The standard InChI is InChI=1S/C37H61N7O2/c1-29(2)43-21-14-31(15-22-43)38-36-32-26-34(45-3)35(46-25-11-19-41-16-8-5-9-17-41)27-33(32)39-37(40-36)44-20-10-18-42(23-24-44)28-30-12-6-4-7-13-30/h26-27,29-31H,4-25,28H2,1-3H3,(H,38,39,40). The van der Waals surface area contributed by atoms with Gasteiger partial charge in [0.2, 0.25) is 5.95 Å². The summed E-state index contributed by atoms with van der Waals surface area (Å²) in [6.07, 6.45) is 15.5. The van der Waals surface area contributed by atoms with Crippen molar-refractivity contribution in [3.63, 3.8) is 0 Å². The Morgan fingerprint density at radius 2 is 1.54 bits per heavy atom. The zero-order chi connectivity index (χ0) is 31.7. The Kier molecular flexibility index (Phi) is 12.1. The fourth-order valence-electron chi connectivity index (χ4n) is 8.14. The molecule has 3 aliphatic heterocycles. The summed E-state index contributed by atoms with van der Waals surface area (Å²) in [6, 6.07) is 5.18. The Labute approximate surface area is 278 Å². The van der Waals surface area contributed by atoms with E-state index < -0.39 is 0 Å². The normalized spacial score (nSPS) is 22.0. The molecule has 0 unspecified atom stereocenters. The maximum atomic E-state index is 6.38. The number of piperidine rings is 2. The number of methoxy groups -OCH3 is 1. The fraction of sp³-hybridized carbons (Fsp3) is 0.784. The number of aromatic nitrogens is 2. The summed E-state index contributed by atoms with van der Waals surface area (Å²) >= 11 is 0.